The molecular weight excluding hydrogens is 266 g/mol. The average Bonchev–Trinajstić information content (AvgIpc) is 2.80. The molecule has 0 aromatic heterocycles. The van der Waals surface area contributed by atoms with E-state index in [1.165, 1.54) is 38.5 Å². The number of rotatable bonds is 3. The second-order valence-electron chi connectivity index (χ2n) is 7.80. The van der Waals surface area contributed by atoms with Crippen LogP contribution in [0.3, 0.4) is 0 Å². The van der Waals surface area contributed by atoms with Gasteiger partial charge in [0.25, 0.3) is 0 Å². The predicted octanol–water partition coefficient (Wildman–Crippen LogP) is 2.37. The Morgan fingerprint density at radius 2 is 1.76 bits per heavy atom. The zero-order valence-corrected chi connectivity index (χ0v) is 12.8. The fourth-order valence-electron chi connectivity index (χ4n) is 5.98. The number of ether oxygens (including phenoxy) is 1. The van der Waals surface area contributed by atoms with Gasteiger partial charge in [0.05, 0.1) is 12.5 Å². The maximum atomic E-state index is 12.5. The second kappa shape index (κ2) is 4.72. The molecule has 4 nitrogen and oxygen atoms in total. The molecule has 5 aliphatic rings. The summed E-state index contributed by atoms with van der Waals surface area (Å²) in [5.41, 5.74) is 0.0904. The van der Waals surface area contributed by atoms with Crippen molar-refractivity contribution in [3.8, 4) is 0 Å². The van der Waals surface area contributed by atoms with Gasteiger partial charge in [0, 0.05) is 18.5 Å². The summed E-state index contributed by atoms with van der Waals surface area (Å²) in [5.74, 6) is 2.25. The van der Waals surface area contributed by atoms with Crippen molar-refractivity contribution >= 4 is 11.9 Å². The summed E-state index contributed by atoms with van der Waals surface area (Å²) in [6, 6.07) is 0. The van der Waals surface area contributed by atoms with Gasteiger partial charge in [0.1, 0.15) is 0 Å². The molecule has 1 atom stereocenters. The quantitative estimate of drug-likeness (QED) is 0.750. The standard InChI is InChI=1S/C17H25NO3/c1-2-21-16(20)14-6-15(19)18(10-14)17-7-11-3-12(8-17)5-13(4-11)9-17/h11-14H,2-10H2,1H3/t11?,12?,13?,14-,17?/m0/s1. The van der Waals surface area contributed by atoms with Crippen LogP contribution >= 0.6 is 0 Å². The van der Waals surface area contributed by atoms with E-state index in [4.69, 9.17) is 4.74 Å². The minimum absolute atomic E-state index is 0.0904. The lowest BCUT2D eigenvalue weighted by molar-refractivity contribution is -0.148. The maximum absolute atomic E-state index is 12.5. The van der Waals surface area contributed by atoms with Crippen molar-refractivity contribution in [1.29, 1.82) is 0 Å². The van der Waals surface area contributed by atoms with Crippen LogP contribution in [0.15, 0.2) is 0 Å². The van der Waals surface area contributed by atoms with Crippen molar-refractivity contribution in [1.82, 2.24) is 4.90 Å². The molecule has 5 rings (SSSR count). The highest BCUT2D eigenvalue weighted by Crippen LogP contribution is 2.58. The summed E-state index contributed by atoms with van der Waals surface area (Å²) in [6.07, 6.45) is 8.04. The van der Waals surface area contributed by atoms with E-state index < -0.39 is 0 Å². The third kappa shape index (κ3) is 2.09. The molecule has 0 aromatic rings. The normalized spacial score (nSPS) is 44.4. The largest absolute Gasteiger partial charge is 0.466 e. The molecule has 0 unspecified atom stereocenters. The molecule has 0 spiro atoms. The Kier molecular flexibility index (Phi) is 3.05. The van der Waals surface area contributed by atoms with Crippen molar-refractivity contribution in [2.45, 2.75) is 57.4 Å². The number of nitrogens with zero attached hydrogens (tertiary/aromatic N) is 1. The number of hydrogen-bond acceptors (Lipinski definition) is 3. The Hall–Kier alpha value is -1.06. The number of likely N-dealkylation sites (tertiary alicyclic amines) is 1. The van der Waals surface area contributed by atoms with Crippen molar-refractivity contribution < 1.29 is 14.3 Å². The number of carbonyl (C=O) groups excluding carboxylic acids is 2. The molecule has 1 saturated heterocycles. The van der Waals surface area contributed by atoms with Crippen molar-refractivity contribution in [3.05, 3.63) is 0 Å². The summed E-state index contributed by atoms with van der Waals surface area (Å²) in [5, 5.41) is 0. The minimum Gasteiger partial charge on any atom is -0.466 e. The monoisotopic (exact) mass is 291 g/mol. The van der Waals surface area contributed by atoms with Crippen LogP contribution in [-0.2, 0) is 14.3 Å². The van der Waals surface area contributed by atoms with Crippen LogP contribution in [0, 0.1) is 23.7 Å². The lowest BCUT2D eigenvalue weighted by Crippen LogP contribution is -2.60. The van der Waals surface area contributed by atoms with E-state index in [-0.39, 0.29) is 23.3 Å². The fraction of sp³-hybridized carbons (Fsp3) is 0.882. The van der Waals surface area contributed by atoms with Crippen molar-refractivity contribution in [3.63, 3.8) is 0 Å². The molecular formula is C17H25NO3. The average molecular weight is 291 g/mol. The Bertz CT molecular complexity index is 437. The van der Waals surface area contributed by atoms with Crippen LogP contribution in [0.4, 0.5) is 0 Å². The van der Waals surface area contributed by atoms with Crippen LogP contribution in [0.5, 0.6) is 0 Å². The van der Waals surface area contributed by atoms with Gasteiger partial charge in [-0.25, -0.2) is 0 Å². The third-order valence-corrected chi connectivity index (χ3v) is 6.32. The first kappa shape index (κ1) is 13.6. The molecule has 4 aliphatic carbocycles. The molecule has 5 fully saturated rings. The van der Waals surface area contributed by atoms with Crippen LogP contribution in [0.25, 0.3) is 0 Å². The highest BCUT2D eigenvalue weighted by molar-refractivity contribution is 5.87. The van der Waals surface area contributed by atoms with Gasteiger partial charge in [-0.1, -0.05) is 0 Å². The first-order valence-corrected chi connectivity index (χ1v) is 8.57. The summed E-state index contributed by atoms with van der Waals surface area (Å²) in [4.78, 5) is 26.6. The summed E-state index contributed by atoms with van der Waals surface area (Å²) in [7, 11) is 0. The molecule has 1 amide bonds. The zero-order chi connectivity index (χ0) is 14.6. The molecule has 1 aliphatic heterocycles. The van der Waals surface area contributed by atoms with E-state index in [2.05, 4.69) is 4.90 Å². The minimum atomic E-state index is -0.231. The van der Waals surface area contributed by atoms with E-state index in [9.17, 15) is 9.59 Å². The van der Waals surface area contributed by atoms with Gasteiger partial charge in [-0.3, -0.25) is 9.59 Å². The van der Waals surface area contributed by atoms with Crippen LogP contribution in [0.1, 0.15) is 51.9 Å². The van der Waals surface area contributed by atoms with Crippen LogP contribution in [0.2, 0.25) is 0 Å². The number of carbonyl (C=O) groups is 2. The first-order chi connectivity index (χ1) is 10.1. The summed E-state index contributed by atoms with van der Waals surface area (Å²) < 4.78 is 5.12. The SMILES string of the molecule is CCOC(=O)[C@H]1CC(=O)N(C23CC4CC(CC(C4)C2)C3)C1. The highest BCUT2D eigenvalue weighted by Gasteiger charge is 2.56. The molecule has 1 heterocycles. The van der Waals surface area contributed by atoms with Crippen molar-refractivity contribution in [2.24, 2.45) is 23.7 Å². The van der Waals surface area contributed by atoms with Gasteiger partial charge in [-0.15, -0.1) is 0 Å². The van der Waals surface area contributed by atoms with Crippen LogP contribution < -0.4 is 0 Å². The number of hydrogen-bond donors (Lipinski definition) is 0. The lowest BCUT2D eigenvalue weighted by atomic mass is 9.52. The Labute approximate surface area is 126 Å². The van der Waals surface area contributed by atoms with Gasteiger partial charge >= 0.3 is 5.97 Å². The van der Waals surface area contributed by atoms with E-state index in [0.29, 0.717) is 19.6 Å². The second-order valence-corrected chi connectivity index (χ2v) is 7.80. The molecule has 4 saturated carbocycles. The van der Waals surface area contributed by atoms with Crippen LogP contribution in [-0.4, -0.2) is 35.5 Å². The van der Waals surface area contributed by atoms with Gasteiger partial charge in [-0.05, 0) is 63.2 Å². The Morgan fingerprint density at radius 3 is 2.29 bits per heavy atom. The van der Waals surface area contributed by atoms with Crippen molar-refractivity contribution in [2.75, 3.05) is 13.2 Å². The maximum Gasteiger partial charge on any atom is 0.311 e. The number of esters is 1. The first-order valence-electron chi connectivity index (χ1n) is 8.57. The molecule has 21 heavy (non-hydrogen) atoms. The van der Waals surface area contributed by atoms with Gasteiger partial charge in [0.2, 0.25) is 5.91 Å². The van der Waals surface area contributed by atoms with Gasteiger partial charge < -0.3 is 9.64 Å². The summed E-state index contributed by atoms with van der Waals surface area (Å²) in [6.45, 7) is 2.83. The molecule has 116 valence electrons. The Balaban J connectivity index is 1.54. The van der Waals surface area contributed by atoms with E-state index in [1.807, 2.05) is 6.92 Å². The summed E-state index contributed by atoms with van der Waals surface area (Å²) >= 11 is 0. The Morgan fingerprint density at radius 1 is 1.19 bits per heavy atom. The lowest BCUT2D eigenvalue weighted by Gasteiger charge is -2.59. The topological polar surface area (TPSA) is 46.6 Å². The molecule has 4 heteroatoms. The van der Waals surface area contributed by atoms with Gasteiger partial charge in [-0.2, -0.15) is 0 Å². The smallest absolute Gasteiger partial charge is 0.311 e. The predicted molar refractivity (Wildman–Crippen MR) is 77.4 cm³/mol. The van der Waals surface area contributed by atoms with Gasteiger partial charge in [0.15, 0.2) is 0 Å². The van der Waals surface area contributed by atoms with E-state index in [0.717, 1.165) is 17.8 Å². The molecule has 0 N–H and O–H groups in total. The third-order valence-electron chi connectivity index (χ3n) is 6.32. The fourth-order valence-corrected chi connectivity index (χ4v) is 5.98. The van der Waals surface area contributed by atoms with E-state index in [1.54, 1.807) is 0 Å². The highest BCUT2D eigenvalue weighted by atomic mass is 16.5. The molecule has 0 aromatic carbocycles. The number of amides is 1. The zero-order valence-electron chi connectivity index (χ0n) is 12.8. The van der Waals surface area contributed by atoms with E-state index >= 15 is 0 Å². The molecule has 0 radical (unpaired) electrons. The molecule has 4 bridgehead atoms.